The van der Waals surface area contributed by atoms with Crippen LogP contribution in [0.5, 0.6) is 0 Å². The molecule has 9 heteroatoms. The van der Waals surface area contributed by atoms with Gasteiger partial charge < -0.3 is 21.9 Å². The maximum Gasteiger partial charge on any atom is 0.336 e. The van der Waals surface area contributed by atoms with E-state index in [1.54, 1.807) is 19.1 Å². The van der Waals surface area contributed by atoms with Crippen molar-refractivity contribution in [2.75, 3.05) is 23.3 Å². The summed E-state index contributed by atoms with van der Waals surface area (Å²) < 4.78 is 0. The molecule has 0 saturated heterocycles. The van der Waals surface area contributed by atoms with Gasteiger partial charge in [0.05, 0.1) is 11.1 Å². The highest BCUT2D eigenvalue weighted by Gasteiger charge is 2.10. The van der Waals surface area contributed by atoms with Gasteiger partial charge in [0.15, 0.2) is 5.78 Å². The lowest BCUT2D eigenvalue weighted by Gasteiger charge is -2.10. The Bertz CT molecular complexity index is 965. The Morgan fingerprint density at radius 2 is 2.07 bits per heavy atom. The van der Waals surface area contributed by atoms with Gasteiger partial charge in [0.2, 0.25) is 5.95 Å². The summed E-state index contributed by atoms with van der Waals surface area (Å²) in [5.41, 5.74) is 12.3. The molecule has 0 bridgehead atoms. The van der Waals surface area contributed by atoms with Crippen LogP contribution in [-0.4, -0.2) is 33.4 Å². The van der Waals surface area contributed by atoms with Crippen LogP contribution in [-0.2, 0) is 11.2 Å². The molecule has 0 atom stereocenters. The standard InChI is InChI=1S/C19H23N5O4/c1-2-13(25)8-6-11-5-7-12(10-15(11)18(27)28)22-9-3-4-14-16(20)23-19(21)24-17(14)26/h5-8,10,22H,2-4,9H2,1H3,(H,27,28)(H5,20,21,23,24,26). The van der Waals surface area contributed by atoms with Crippen molar-refractivity contribution >= 4 is 35.3 Å². The molecule has 0 unspecified atom stereocenters. The molecular weight excluding hydrogens is 362 g/mol. The van der Waals surface area contributed by atoms with Crippen molar-refractivity contribution in [3.05, 3.63) is 51.3 Å². The average molecular weight is 385 g/mol. The minimum absolute atomic E-state index is 0.0275. The van der Waals surface area contributed by atoms with Gasteiger partial charge in [-0.2, -0.15) is 4.98 Å². The lowest BCUT2D eigenvalue weighted by Crippen LogP contribution is -2.20. The topological polar surface area (TPSA) is 164 Å². The Morgan fingerprint density at radius 1 is 1.32 bits per heavy atom. The van der Waals surface area contributed by atoms with E-state index < -0.39 is 5.97 Å². The molecule has 0 spiro atoms. The molecule has 28 heavy (non-hydrogen) atoms. The summed E-state index contributed by atoms with van der Waals surface area (Å²) in [7, 11) is 0. The summed E-state index contributed by atoms with van der Waals surface area (Å²) >= 11 is 0. The number of anilines is 3. The minimum Gasteiger partial charge on any atom is -0.478 e. The predicted molar refractivity (Wildman–Crippen MR) is 108 cm³/mol. The molecule has 9 nitrogen and oxygen atoms in total. The van der Waals surface area contributed by atoms with Crippen LogP contribution in [0.3, 0.4) is 0 Å². The molecule has 0 aliphatic rings. The van der Waals surface area contributed by atoms with Gasteiger partial charge in [-0.25, -0.2) is 4.79 Å². The first-order chi connectivity index (χ1) is 13.3. The van der Waals surface area contributed by atoms with Crippen molar-refractivity contribution in [3.63, 3.8) is 0 Å². The highest BCUT2D eigenvalue weighted by molar-refractivity contribution is 5.97. The lowest BCUT2D eigenvalue weighted by atomic mass is 10.0. The molecular formula is C19H23N5O4. The summed E-state index contributed by atoms with van der Waals surface area (Å²) in [4.78, 5) is 41.0. The maximum atomic E-state index is 11.8. The number of rotatable bonds is 9. The zero-order chi connectivity index (χ0) is 20.7. The quantitative estimate of drug-likeness (QED) is 0.321. The number of nitrogen functional groups attached to an aromatic ring is 2. The van der Waals surface area contributed by atoms with E-state index in [0.717, 1.165) is 0 Å². The number of carbonyl (C=O) groups is 2. The third kappa shape index (κ3) is 5.44. The number of nitrogens with zero attached hydrogens (tertiary/aromatic N) is 1. The Kier molecular flexibility index (Phi) is 6.91. The van der Waals surface area contributed by atoms with Crippen LogP contribution in [0.2, 0.25) is 0 Å². The maximum absolute atomic E-state index is 11.8. The van der Waals surface area contributed by atoms with Gasteiger partial charge >= 0.3 is 5.97 Å². The van der Waals surface area contributed by atoms with E-state index in [1.165, 1.54) is 18.2 Å². The Balaban J connectivity index is 2.02. The normalized spacial score (nSPS) is 10.9. The average Bonchev–Trinajstić information content (AvgIpc) is 2.64. The Hall–Kier alpha value is -3.62. The molecule has 1 heterocycles. The first kappa shape index (κ1) is 20.7. The first-order valence-corrected chi connectivity index (χ1v) is 8.78. The fourth-order valence-corrected chi connectivity index (χ4v) is 2.57. The van der Waals surface area contributed by atoms with E-state index in [-0.39, 0.29) is 28.7 Å². The summed E-state index contributed by atoms with van der Waals surface area (Å²) in [5, 5.41) is 12.5. The molecule has 0 aliphatic carbocycles. The van der Waals surface area contributed by atoms with Crippen molar-refractivity contribution in [1.82, 2.24) is 9.97 Å². The fraction of sp³-hybridized carbons (Fsp3) is 0.263. The zero-order valence-corrected chi connectivity index (χ0v) is 15.5. The fourth-order valence-electron chi connectivity index (χ4n) is 2.57. The molecule has 0 aliphatic heterocycles. The highest BCUT2D eigenvalue weighted by Crippen LogP contribution is 2.18. The molecule has 0 fully saturated rings. The van der Waals surface area contributed by atoms with Crippen molar-refractivity contribution in [2.24, 2.45) is 0 Å². The second-order valence-electron chi connectivity index (χ2n) is 6.11. The molecule has 2 rings (SSSR count). The van der Waals surface area contributed by atoms with Crippen molar-refractivity contribution in [1.29, 1.82) is 0 Å². The largest absolute Gasteiger partial charge is 0.478 e. The van der Waals surface area contributed by atoms with Gasteiger partial charge in [0.25, 0.3) is 5.56 Å². The molecule has 1 aromatic carbocycles. The number of H-pyrrole nitrogens is 1. The van der Waals surface area contributed by atoms with Crippen LogP contribution in [0, 0.1) is 0 Å². The number of benzene rings is 1. The molecule has 148 valence electrons. The number of carboxylic acids is 1. The number of nitrogens with two attached hydrogens (primary N) is 2. The van der Waals surface area contributed by atoms with E-state index in [4.69, 9.17) is 11.5 Å². The number of carboxylic acid groups (broad SMARTS) is 1. The van der Waals surface area contributed by atoms with Crippen LogP contribution in [0.25, 0.3) is 6.08 Å². The molecule has 7 N–H and O–H groups in total. The second kappa shape index (κ2) is 9.36. The van der Waals surface area contributed by atoms with E-state index in [9.17, 15) is 19.5 Å². The number of carbonyl (C=O) groups excluding carboxylic acids is 1. The van der Waals surface area contributed by atoms with Crippen LogP contribution in [0.15, 0.2) is 29.1 Å². The molecule has 0 amide bonds. The van der Waals surface area contributed by atoms with Crippen molar-refractivity contribution in [2.45, 2.75) is 26.2 Å². The third-order valence-corrected chi connectivity index (χ3v) is 4.08. The third-order valence-electron chi connectivity index (χ3n) is 4.08. The Morgan fingerprint density at radius 3 is 2.71 bits per heavy atom. The van der Waals surface area contributed by atoms with Gasteiger partial charge in [-0.1, -0.05) is 19.1 Å². The van der Waals surface area contributed by atoms with Crippen molar-refractivity contribution in [3.8, 4) is 0 Å². The minimum atomic E-state index is -1.08. The number of hydrogen-bond donors (Lipinski definition) is 5. The number of allylic oxidation sites excluding steroid dienone is 1. The van der Waals surface area contributed by atoms with Crippen LogP contribution >= 0.6 is 0 Å². The molecule has 1 aromatic heterocycles. The van der Waals surface area contributed by atoms with Crippen LogP contribution in [0.4, 0.5) is 17.5 Å². The van der Waals surface area contributed by atoms with Gasteiger partial charge in [-0.05, 0) is 36.6 Å². The monoisotopic (exact) mass is 385 g/mol. The summed E-state index contributed by atoms with van der Waals surface area (Å²) in [6, 6.07) is 4.87. The molecule has 0 saturated carbocycles. The molecule has 2 aromatic rings. The number of hydrogen-bond acceptors (Lipinski definition) is 7. The van der Waals surface area contributed by atoms with E-state index in [1.807, 2.05) is 0 Å². The number of aromatic nitrogens is 2. The van der Waals surface area contributed by atoms with Crippen molar-refractivity contribution < 1.29 is 14.7 Å². The Labute approximate surface area is 161 Å². The number of nitrogens with one attached hydrogen (secondary N) is 2. The second-order valence-corrected chi connectivity index (χ2v) is 6.11. The summed E-state index contributed by atoms with van der Waals surface area (Å²) in [6.07, 6.45) is 4.20. The van der Waals surface area contributed by atoms with Crippen LogP contribution in [0.1, 0.15) is 41.3 Å². The summed E-state index contributed by atoms with van der Waals surface area (Å²) in [6.45, 7) is 2.23. The van der Waals surface area contributed by atoms with Gasteiger partial charge in [0, 0.05) is 18.7 Å². The van der Waals surface area contributed by atoms with Gasteiger partial charge in [0.1, 0.15) is 5.82 Å². The van der Waals surface area contributed by atoms with E-state index in [0.29, 0.717) is 42.6 Å². The van der Waals surface area contributed by atoms with Gasteiger partial charge in [-0.3, -0.25) is 14.6 Å². The first-order valence-electron chi connectivity index (χ1n) is 8.78. The molecule has 0 radical (unpaired) electrons. The zero-order valence-electron chi connectivity index (χ0n) is 15.5. The lowest BCUT2D eigenvalue weighted by molar-refractivity contribution is -0.114. The van der Waals surface area contributed by atoms with E-state index in [2.05, 4.69) is 15.3 Å². The van der Waals surface area contributed by atoms with E-state index >= 15 is 0 Å². The number of aromatic amines is 1. The SMILES string of the molecule is CCC(=O)C=Cc1ccc(NCCCc2c(N)nc(N)[nH]c2=O)cc1C(=O)O. The predicted octanol–water partition coefficient (Wildman–Crippen LogP) is 1.67. The smallest absolute Gasteiger partial charge is 0.336 e. The van der Waals surface area contributed by atoms with Gasteiger partial charge in [-0.15, -0.1) is 0 Å². The number of ketones is 1. The van der Waals surface area contributed by atoms with Crippen LogP contribution < -0.4 is 22.3 Å². The summed E-state index contributed by atoms with van der Waals surface area (Å²) in [5.74, 6) is -1.09. The number of aromatic carboxylic acids is 1. The highest BCUT2D eigenvalue weighted by atomic mass is 16.4.